The van der Waals surface area contributed by atoms with Gasteiger partial charge in [0.05, 0.1) is 16.1 Å². The Morgan fingerprint density at radius 2 is 0.857 bits per heavy atom. The smallest absolute Gasteiger partial charge is 0.455 e. The number of nitrogens with zero attached hydrogens (tertiary/aromatic N) is 1. The summed E-state index contributed by atoms with van der Waals surface area (Å²) in [7, 11) is -6.63. The van der Waals surface area contributed by atoms with Crippen LogP contribution in [0.25, 0.3) is 27.4 Å². The summed E-state index contributed by atoms with van der Waals surface area (Å²) in [5.74, 6) is -2.42. The Balaban J connectivity index is 0.000000199. The van der Waals surface area contributed by atoms with E-state index in [9.17, 15) is 27.9 Å². The van der Waals surface area contributed by atoms with Crippen LogP contribution in [-0.2, 0) is 9.13 Å². The Morgan fingerprint density at radius 1 is 0.486 bits per heavy atom. The SMILES string of the molecule is O=C(c1c(O)c2c3ccccc3ccc2n(-c2ccccc2)c1=O)C(F)(F)F.O=P(c1ccccc1)(c1ccccc1)c1ccccc1Oc1ccccc1P(=O)(c1ccccc1)c1ccccc1.[Eu]. The molecule has 1 aromatic heterocycles. The van der Waals surface area contributed by atoms with E-state index in [-0.39, 0.29) is 66.0 Å². The number of para-hydroxylation sites is 3. The van der Waals surface area contributed by atoms with Crippen molar-refractivity contribution in [1.82, 2.24) is 4.57 Å². The molecule has 0 saturated heterocycles. The molecule has 0 fully saturated rings. The van der Waals surface area contributed by atoms with Crippen LogP contribution in [0.2, 0.25) is 0 Å². The first kappa shape index (κ1) is 50.0. The van der Waals surface area contributed by atoms with E-state index in [0.29, 0.717) is 32.9 Å². The molecule has 1 radical (unpaired) electrons. The molecular formula is C57H40EuF3NO6P2. The van der Waals surface area contributed by atoms with E-state index in [1.807, 2.05) is 170 Å². The maximum Gasteiger partial charge on any atom is 0.455 e. The number of fused-ring (bicyclic) bond motifs is 3. The molecule has 347 valence electrons. The Bertz CT molecular complexity index is 3410. The average Bonchev–Trinajstić information content (AvgIpc) is 3.39. The van der Waals surface area contributed by atoms with Crippen LogP contribution in [0, 0.1) is 49.4 Å². The van der Waals surface area contributed by atoms with Gasteiger partial charge in [0.2, 0.25) is 0 Å². The van der Waals surface area contributed by atoms with Gasteiger partial charge in [-0.3, -0.25) is 14.2 Å². The minimum Gasteiger partial charge on any atom is -0.506 e. The van der Waals surface area contributed by atoms with E-state index in [1.54, 1.807) is 48.5 Å². The molecule has 0 bridgehead atoms. The number of aromatic hydroxyl groups is 1. The number of aromatic nitrogens is 1. The van der Waals surface area contributed by atoms with Gasteiger partial charge in [0.15, 0.2) is 14.3 Å². The molecule has 0 aliphatic rings. The molecule has 10 aromatic rings. The number of alkyl halides is 3. The van der Waals surface area contributed by atoms with E-state index in [1.165, 1.54) is 18.2 Å². The van der Waals surface area contributed by atoms with Crippen LogP contribution >= 0.6 is 14.3 Å². The van der Waals surface area contributed by atoms with Crippen molar-refractivity contribution in [2.45, 2.75) is 6.18 Å². The van der Waals surface area contributed by atoms with Gasteiger partial charge in [-0.2, -0.15) is 13.2 Å². The summed E-state index contributed by atoms with van der Waals surface area (Å²) < 4.78 is 77.5. The summed E-state index contributed by atoms with van der Waals surface area (Å²) in [5, 5.41) is 15.7. The van der Waals surface area contributed by atoms with Crippen LogP contribution in [-0.4, -0.2) is 21.6 Å². The molecule has 9 aromatic carbocycles. The molecular weight excluding hydrogens is 1070 g/mol. The zero-order valence-corrected chi connectivity index (χ0v) is 41.1. The number of Topliss-reactive ketones (excluding diaryl/α,β-unsaturated/α-hetero) is 1. The van der Waals surface area contributed by atoms with Crippen LogP contribution in [0.15, 0.2) is 241 Å². The zero-order chi connectivity index (χ0) is 48.2. The fourth-order valence-electron chi connectivity index (χ4n) is 8.45. The number of carbonyl (C=O) groups excluding carboxylic acids is 1. The van der Waals surface area contributed by atoms with Crippen LogP contribution in [0.4, 0.5) is 13.2 Å². The molecule has 0 atom stereocenters. The Kier molecular flexibility index (Phi) is 15.2. The molecule has 0 saturated carbocycles. The van der Waals surface area contributed by atoms with Gasteiger partial charge in [0.1, 0.15) is 22.8 Å². The summed E-state index contributed by atoms with van der Waals surface area (Å²) in [6, 6.07) is 71.0. The van der Waals surface area contributed by atoms with Crippen molar-refractivity contribution in [1.29, 1.82) is 0 Å². The largest absolute Gasteiger partial charge is 0.506 e. The number of carbonyl (C=O) groups is 1. The summed E-state index contributed by atoms with van der Waals surface area (Å²) in [4.78, 5) is 24.9. The monoisotopic (exact) mass is 1110 g/mol. The van der Waals surface area contributed by atoms with Gasteiger partial charge < -0.3 is 19.0 Å². The fraction of sp³-hybridized carbons (Fsp3) is 0.0175. The van der Waals surface area contributed by atoms with Crippen LogP contribution in [0.1, 0.15) is 10.4 Å². The first-order valence-electron chi connectivity index (χ1n) is 21.7. The number of hydrogen-bond donors (Lipinski definition) is 1. The Labute approximate surface area is 442 Å². The number of hydrogen-bond acceptors (Lipinski definition) is 6. The van der Waals surface area contributed by atoms with Gasteiger partial charge in [-0.15, -0.1) is 0 Å². The quantitative estimate of drug-likeness (QED) is 0.0831. The van der Waals surface area contributed by atoms with Crippen molar-refractivity contribution in [3.05, 3.63) is 253 Å². The van der Waals surface area contributed by atoms with Gasteiger partial charge in [-0.25, -0.2) is 0 Å². The number of rotatable bonds is 10. The second-order valence-corrected chi connectivity index (χ2v) is 21.3. The van der Waals surface area contributed by atoms with E-state index < -0.39 is 43.1 Å². The molecule has 1 heterocycles. The predicted octanol–water partition coefficient (Wildman–Crippen LogP) is 11.4. The van der Waals surface area contributed by atoms with Crippen LogP contribution in [0.3, 0.4) is 0 Å². The molecule has 70 heavy (non-hydrogen) atoms. The average molecular weight is 1110 g/mol. The third-order valence-electron chi connectivity index (χ3n) is 11.6. The number of ketones is 1. The van der Waals surface area contributed by atoms with E-state index in [2.05, 4.69) is 0 Å². The minimum absolute atomic E-state index is 0. The van der Waals surface area contributed by atoms with Gasteiger partial charge in [-0.05, 0) is 53.2 Å². The van der Waals surface area contributed by atoms with Crippen molar-refractivity contribution >= 4 is 73.6 Å². The van der Waals surface area contributed by atoms with E-state index in [4.69, 9.17) is 4.74 Å². The summed E-state index contributed by atoms with van der Waals surface area (Å²) >= 11 is 0. The molecule has 10 rings (SSSR count). The van der Waals surface area contributed by atoms with E-state index in [0.717, 1.165) is 25.8 Å². The number of halogens is 3. The van der Waals surface area contributed by atoms with Crippen molar-refractivity contribution in [2.24, 2.45) is 0 Å². The van der Waals surface area contributed by atoms with Crippen LogP contribution in [0.5, 0.6) is 17.2 Å². The first-order valence-corrected chi connectivity index (χ1v) is 25.1. The second-order valence-electron chi connectivity index (χ2n) is 15.8. The third kappa shape index (κ3) is 9.57. The number of benzene rings is 9. The summed E-state index contributed by atoms with van der Waals surface area (Å²) in [6.07, 6.45) is -5.30. The summed E-state index contributed by atoms with van der Waals surface area (Å²) in [5.41, 5.74) is -2.04. The second kappa shape index (κ2) is 21.3. The van der Waals surface area contributed by atoms with E-state index >= 15 is 9.13 Å². The number of pyridine rings is 1. The Morgan fingerprint density at radius 3 is 1.29 bits per heavy atom. The van der Waals surface area contributed by atoms with Gasteiger partial charge >= 0.3 is 6.18 Å². The maximum atomic E-state index is 15.2. The van der Waals surface area contributed by atoms with Gasteiger partial charge in [0, 0.05) is 81.7 Å². The van der Waals surface area contributed by atoms with Crippen molar-refractivity contribution in [3.63, 3.8) is 0 Å². The fourth-order valence-corrected chi connectivity index (χ4v) is 14.0. The molecule has 1 N–H and O–H groups in total. The standard InChI is InChI=1S/C36H28O3P2.C21H12F3NO3.Eu/c37-40(29-17-5-1-6-18-29,30-19-7-2-8-20-30)35-27-15-13-25-33(35)39-34-26-14-16-28-36(34)41(38,31-21-9-3-10-22-31)32-23-11-4-12-24-32;22-21(23,24)19(27)17-18(26)16-14-9-5-4-6-12(14)10-11-15(16)25(20(17)28)13-7-2-1-3-8-13;/h1-28H;1-11,26H;. The van der Waals surface area contributed by atoms with Crippen molar-refractivity contribution in [3.8, 4) is 22.9 Å². The molecule has 13 heteroatoms. The topological polar surface area (TPSA) is 103 Å². The molecule has 7 nitrogen and oxygen atoms in total. The predicted molar refractivity (Wildman–Crippen MR) is 271 cm³/mol. The maximum absolute atomic E-state index is 15.2. The minimum atomic E-state index is -5.30. The molecule has 0 aliphatic heterocycles. The van der Waals surface area contributed by atoms with Gasteiger partial charge in [-0.1, -0.05) is 194 Å². The van der Waals surface area contributed by atoms with Crippen LogP contribution < -0.4 is 42.1 Å². The molecule has 0 unspecified atom stereocenters. The number of ether oxygens (including phenoxy) is 1. The van der Waals surface area contributed by atoms with Crippen molar-refractivity contribution in [2.75, 3.05) is 0 Å². The normalized spacial score (nSPS) is 11.5. The molecule has 0 aliphatic carbocycles. The first-order chi connectivity index (χ1) is 33.4. The third-order valence-corrected chi connectivity index (χ3v) is 17.8. The Hall–Kier alpha value is -6.45. The van der Waals surface area contributed by atoms with Crippen molar-refractivity contribution < 1.29 is 86.3 Å². The van der Waals surface area contributed by atoms with Gasteiger partial charge in [0.25, 0.3) is 11.3 Å². The molecule has 0 amide bonds. The zero-order valence-electron chi connectivity index (χ0n) is 36.9. The molecule has 0 spiro atoms. The summed E-state index contributed by atoms with van der Waals surface area (Å²) in [6.45, 7) is 0.